The Kier molecular flexibility index (Phi) is 17.7. The highest BCUT2D eigenvalue weighted by molar-refractivity contribution is 7.99. The van der Waals surface area contributed by atoms with Gasteiger partial charge in [-0.05, 0) is 36.7 Å². The highest BCUT2D eigenvalue weighted by Gasteiger charge is 2.22. The molecule has 8 heteroatoms. The maximum Gasteiger partial charge on any atom is 0.136 e. The van der Waals surface area contributed by atoms with Crippen LogP contribution >= 0.6 is 70.3 Å². The minimum atomic E-state index is -0.0632. The molecule has 0 fully saturated rings. The summed E-state index contributed by atoms with van der Waals surface area (Å²) in [6, 6.07) is 0. The first kappa shape index (κ1) is 29.0. The molecule has 2 aliphatic heterocycles. The quantitative estimate of drug-likeness (QED) is 0.124. The van der Waals surface area contributed by atoms with Crippen LogP contribution in [0.2, 0.25) is 0 Å². The zero-order valence-corrected chi connectivity index (χ0v) is 23.1. The predicted molar refractivity (Wildman–Crippen MR) is 142 cm³/mol. The van der Waals surface area contributed by atoms with E-state index in [0.717, 1.165) is 23.2 Å². The summed E-state index contributed by atoms with van der Waals surface area (Å²) in [5.74, 6) is 0. The van der Waals surface area contributed by atoms with Crippen molar-refractivity contribution in [1.29, 1.82) is 0 Å². The van der Waals surface area contributed by atoms with Crippen LogP contribution in [0.3, 0.4) is 0 Å². The van der Waals surface area contributed by atoms with Crippen molar-refractivity contribution < 1.29 is 0 Å². The molecule has 0 amide bonds. The molecule has 0 aromatic heterocycles. The lowest BCUT2D eigenvalue weighted by Crippen LogP contribution is -2.07. The smallest absolute Gasteiger partial charge is 0.136 e. The Balaban J connectivity index is 0.000000300. The largest absolute Gasteiger partial charge is 0.320 e. The molecular formula is C22H38Cl4N2S2. The summed E-state index contributed by atoms with van der Waals surface area (Å²) >= 11 is 27.0. The number of hydrogen-bond acceptors (Lipinski definition) is 4. The van der Waals surface area contributed by atoms with E-state index in [1.807, 2.05) is 12.4 Å². The summed E-state index contributed by atoms with van der Waals surface area (Å²) in [6.07, 6.45) is 19.8. The van der Waals surface area contributed by atoms with Crippen molar-refractivity contribution in [3.8, 4) is 0 Å². The average molecular weight is 537 g/mol. The Bertz CT molecular complexity index is 462. The molecule has 0 N–H and O–H groups in total. The van der Waals surface area contributed by atoms with Crippen LogP contribution in [-0.4, -0.2) is 31.1 Å². The molecule has 30 heavy (non-hydrogen) atoms. The Hall–Kier alpha value is 0.940. The second-order valence-electron chi connectivity index (χ2n) is 7.69. The first-order valence-corrected chi connectivity index (χ1v) is 14.7. The van der Waals surface area contributed by atoms with Crippen molar-refractivity contribution in [2.24, 2.45) is 0 Å². The average Bonchev–Trinajstić information content (AvgIpc) is 3.21. The normalized spacial score (nSPS) is 20.9. The lowest BCUT2D eigenvalue weighted by Gasteiger charge is -2.13. The fourth-order valence-corrected chi connectivity index (χ4v) is 6.06. The topological polar surface area (TPSA) is 6.48 Å². The Morgan fingerprint density at radius 3 is 1.27 bits per heavy atom. The second kappa shape index (κ2) is 18.4. The lowest BCUT2D eigenvalue weighted by molar-refractivity contribution is 0.538. The monoisotopic (exact) mass is 534 g/mol. The Morgan fingerprint density at radius 1 is 0.633 bits per heavy atom. The first-order chi connectivity index (χ1) is 14.5. The summed E-state index contributed by atoms with van der Waals surface area (Å²) < 4.78 is 4.18. The van der Waals surface area contributed by atoms with Crippen molar-refractivity contribution in [2.75, 3.05) is 13.1 Å². The van der Waals surface area contributed by atoms with Crippen LogP contribution in [0.4, 0.5) is 0 Å². The van der Waals surface area contributed by atoms with Crippen LogP contribution in [0.1, 0.15) is 90.9 Å². The minimum absolute atomic E-state index is 0.0632. The van der Waals surface area contributed by atoms with E-state index >= 15 is 0 Å². The molecule has 0 radical (unpaired) electrons. The van der Waals surface area contributed by atoms with Crippen LogP contribution in [-0.2, 0) is 0 Å². The number of rotatable bonds is 14. The van der Waals surface area contributed by atoms with Gasteiger partial charge in [0.1, 0.15) is 9.42 Å². The summed E-state index contributed by atoms with van der Waals surface area (Å²) in [6.45, 7) is 6.62. The van der Waals surface area contributed by atoms with Crippen LogP contribution < -0.4 is 0 Å². The van der Waals surface area contributed by atoms with Gasteiger partial charge in [0.05, 0.1) is 10.1 Å². The van der Waals surface area contributed by atoms with E-state index in [9.17, 15) is 0 Å². The molecule has 0 aliphatic carbocycles. The van der Waals surface area contributed by atoms with E-state index in [4.69, 9.17) is 46.4 Å². The third kappa shape index (κ3) is 13.5. The molecule has 2 aliphatic rings. The van der Waals surface area contributed by atoms with Gasteiger partial charge < -0.3 is 8.61 Å². The number of nitrogens with zero attached hydrogens (tertiary/aromatic N) is 2. The van der Waals surface area contributed by atoms with Crippen molar-refractivity contribution in [3.05, 3.63) is 22.5 Å². The summed E-state index contributed by atoms with van der Waals surface area (Å²) in [4.78, 5) is 0. The van der Waals surface area contributed by atoms with E-state index in [1.165, 1.54) is 77.0 Å². The molecule has 0 aromatic carbocycles. The van der Waals surface area contributed by atoms with E-state index < -0.39 is 0 Å². The van der Waals surface area contributed by atoms with Gasteiger partial charge >= 0.3 is 0 Å². The van der Waals surface area contributed by atoms with Crippen molar-refractivity contribution in [3.63, 3.8) is 0 Å². The second-order valence-corrected chi connectivity index (χ2v) is 12.3. The number of halogens is 4. The maximum absolute atomic E-state index is 5.96. The predicted octanol–water partition coefficient (Wildman–Crippen LogP) is 9.91. The fraction of sp³-hybridized carbons (Fsp3) is 0.818. The van der Waals surface area contributed by atoms with Crippen LogP contribution in [0, 0.1) is 0 Å². The third-order valence-corrected chi connectivity index (χ3v) is 8.95. The van der Waals surface area contributed by atoms with E-state index in [0.29, 0.717) is 0 Å². The van der Waals surface area contributed by atoms with Gasteiger partial charge in [-0.1, -0.05) is 101 Å². The molecule has 2 nitrogen and oxygen atoms in total. The van der Waals surface area contributed by atoms with Gasteiger partial charge in [-0.2, -0.15) is 0 Å². The van der Waals surface area contributed by atoms with Crippen molar-refractivity contribution in [1.82, 2.24) is 8.61 Å². The standard InChI is InChI=1S/2C11H19Cl2NS/c2*1-2-3-4-5-6-7-8-14-9-10(12)11(13)15-14/h2*9,11H,2-8H2,1H3. The molecule has 0 spiro atoms. The van der Waals surface area contributed by atoms with Gasteiger partial charge in [0.15, 0.2) is 0 Å². The van der Waals surface area contributed by atoms with Crippen molar-refractivity contribution in [2.45, 2.75) is 100 Å². The summed E-state index contributed by atoms with van der Waals surface area (Å²) in [5, 5.41) is 1.51. The Morgan fingerprint density at radius 2 is 0.967 bits per heavy atom. The molecule has 0 aromatic rings. The molecule has 0 saturated carbocycles. The highest BCUT2D eigenvalue weighted by atomic mass is 35.5. The molecule has 2 atom stereocenters. The molecule has 2 heterocycles. The molecule has 0 saturated heterocycles. The van der Waals surface area contributed by atoms with Crippen molar-refractivity contribution >= 4 is 70.3 Å². The van der Waals surface area contributed by atoms with E-state index in [1.54, 1.807) is 23.9 Å². The number of alkyl halides is 2. The number of hydrogen-bond donors (Lipinski definition) is 0. The molecule has 2 rings (SSSR count). The summed E-state index contributed by atoms with van der Waals surface area (Å²) in [5.41, 5.74) is 0. The van der Waals surface area contributed by atoms with Gasteiger partial charge in [-0.3, -0.25) is 0 Å². The highest BCUT2D eigenvalue weighted by Crippen LogP contribution is 2.37. The molecular weight excluding hydrogens is 498 g/mol. The third-order valence-electron chi connectivity index (χ3n) is 4.89. The zero-order valence-electron chi connectivity index (χ0n) is 18.4. The lowest BCUT2D eigenvalue weighted by atomic mass is 10.1. The van der Waals surface area contributed by atoms with E-state index in [-0.39, 0.29) is 9.42 Å². The van der Waals surface area contributed by atoms with Crippen LogP contribution in [0.5, 0.6) is 0 Å². The van der Waals surface area contributed by atoms with Crippen LogP contribution in [0.15, 0.2) is 22.5 Å². The maximum atomic E-state index is 5.96. The van der Waals surface area contributed by atoms with Gasteiger partial charge in [-0.15, -0.1) is 23.2 Å². The first-order valence-electron chi connectivity index (χ1n) is 11.4. The zero-order chi connectivity index (χ0) is 22.2. The molecule has 176 valence electrons. The van der Waals surface area contributed by atoms with Gasteiger partial charge in [-0.25, -0.2) is 0 Å². The Labute approximate surface area is 213 Å². The minimum Gasteiger partial charge on any atom is -0.320 e. The van der Waals surface area contributed by atoms with Gasteiger partial charge in [0.2, 0.25) is 0 Å². The SMILES string of the molecule is CCCCCCCCN1C=C(Cl)C(Cl)S1.CCCCCCCCN1C=C(Cl)C(Cl)S1. The van der Waals surface area contributed by atoms with E-state index in [2.05, 4.69) is 22.5 Å². The fourth-order valence-electron chi connectivity index (χ4n) is 3.12. The summed E-state index contributed by atoms with van der Waals surface area (Å²) in [7, 11) is 0. The number of unbranched alkanes of at least 4 members (excludes halogenated alkanes) is 10. The molecule has 0 bridgehead atoms. The van der Waals surface area contributed by atoms with Crippen LogP contribution in [0.25, 0.3) is 0 Å². The molecule has 2 unspecified atom stereocenters. The van der Waals surface area contributed by atoms with Gasteiger partial charge in [0.25, 0.3) is 0 Å². The van der Waals surface area contributed by atoms with Gasteiger partial charge in [0, 0.05) is 25.5 Å².